The fourth-order valence-electron chi connectivity index (χ4n) is 4.86. The summed E-state index contributed by atoms with van der Waals surface area (Å²) in [6, 6.07) is 0. The molecule has 0 saturated heterocycles. The van der Waals surface area contributed by atoms with Crippen molar-refractivity contribution >= 4 is 0 Å². The molecule has 0 aromatic heterocycles. The molecule has 2 heteroatoms. The molecule has 0 aromatic rings. The highest BCUT2D eigenvalue weighted by atomic mass is 16.0. The van der Waals surface area contributed by atoms with Crippen LogP contribution in [0.15, 0.2) is 0 Å². The summed E-state index contributed by atoms with van der Waals surface area (Å²) in [5.41, 5.74) is 0. The topological polar surface area (TPSA) is 63.0 Å². The lowest BCUT2D eigenvalue weighted by molar-refractivity contribution is 0.0618. The molecule has 0 amide bonds. The highest BCUT2D eigenvalue weighted by molar-refractivity contribution is 4.87. The van der Waals surface area contributed by atoms with E-state index in [4.69, 9.17) is 0 Å². The molecular weight excluding hydrogens is 236 g/mol. The summed E-state index contributed by atoms with van der Waals surface area (Å²) in [6.45, 7) is 9.89. The summed E-state index contributed by atoms with van der Waals surface area (Å²) in [5, 5.41) is 0. The first kappa shape index (κ1) is 18.9. The van der Waals surface area contributed by atoms with E-state index in [1.807, 2.05) is 0 Å². The molecule has 2 nitrogen and oxygen atoms in total. The van der Waals surface area contributed by atoms with Crippen LogP contribution in [-0.4, -0.2) is 11.0 Å². The lowest BCUT2D eigenvalue weighted by Gasteiger charge is -2.44. The zero-order valence-electron chi connectivity index (χ0n) is 13.4. The fraction of sp³-hybridized carbons (Fsp3) is 1.00. The normalized spacial score (nSPS) is 42.9. The van der Waals surface area contributed by atoms with Gasteiger partial charge in [0.15, 0.2) is 0 Å². The maximum absolute atomic E-state index is 2.54. The van der Waals surface area contributed by atoms with Crippen LogP contribution in [0.4, 0.5) is 0 Å². The highest BCUT2D eigenvalue weighted by Crippen LogP contribution is 2.46. The second kappa shape index (κ2) is 8.26. The van der Waals surface area contributed by atoms with Crippen LogP contribution < -0.4 is 0 Å². The molecule has 0 aliphatic heterocycles. The molecule has 4 N–H and O–H groups in total. The molecule has 0 radical (unpaired) electrons. The molecule has 2 fully saturated rings. The summed E-state index contributed by atoms with van der Waals surface area (Å²) in [7, 11) is 0. The van der Waals surface area contributed by atoms with Crippen LogP contribution in [0.2, 0.25) is 0 Å². The Hall–Kier alpha value is -0.0800. The van der Waals surface area contributed by atoms with Gasteiger partial charge in [0.2, 0.25) is 0 Å². The molecule has 0 bridgehead atoms. The minimum Gasteiger partial charge on any atom is -0.412 e. The highest BCUT2D eigenvalue weighted by Gasteiger charge is 2.37. The Morgan fingerprint density at radius 1 is 0.737 bits per heavy atom. The molecule has 0 aromatic carbocycles. The first-order valence-electron chi connectivity index (χ1n) is 8.11. The van der Waals surface area contributed by atoms with Crippen LogP contribution in [-0.2, 0) is 0 Å². The predicted molar refractivity (Wildman–Crippen MR) is 83.2 cm³/mol. The molecular formula is C17H36O2. The van der Waals surface area contributed by atoms with Gasteiger partial charge in [-0.2, -0.15) is 0 Å². The van der Waals surface area contributed by atoms with Crippen LogP contribution in [0.25, 0.3) is 0 Å². The van der Waals surface area contributed by atoms with Crippen molar-refractivity contribution in [1.82, 2.24) is 0 Å². The van der Waals surface area contributed by atoms with E-state index < -0.39 is 0 Å². The number of rotatable bonds is 2. The number of hydrogen-bond donors (Lipinski definition) is 0. The Labute approximate surface area is 120 Å². The van der Waals surface area contributed by atoms with Crippen molar-refractivity contribution in [3.63, 3.8) is 0 Å². The van der Waals surface area contributed by atoms with Crippen LogP contribution in [0.1, 0.15) is 72.6 Å². The second-order valence-corrected chi connectivity index (χ2v) is 7.29. The summed E-state index contributed by atoms with van der Waals surface area (Å²) >= 11 is 0. The Kier molecular flexibility index (Phi) is 8.23. The van der Waals surface area contributed by atoms with Gasteiger partial charge in [0.25, 0.3) is 0 Å². The SMILES string of the molecule is CCC1CCC(C2CCC(C)CC2C)C(C)C1.O.O. The van der Waals surface area contributed by atoms with Gasteiger partial charge in [-0.1, -0.05) is 47.0 Å². The molecule has 2 aliphatic rings. The van der Waals surface area contributed by atoms with Crippen molar-refractivity contribution in [3.8, 4) is 0 Å². The monoisotopic (exact) mass is 272 g/mol. The summed E-state index contributed by atoms with van der Waals surface area (Å²) in [4.78, 5) is 0. The van der Waals surface area contributed by atoms with Crippen molar-refractivity contribution in [2.45, 2.75) is 72.6 Å². The van der Waals surface area contributed by atoms with E-state index in [0.29, 0.717) is 0 Å². The van der Waals surface area contributed by atoms with Gasteiger partial charge in [0.1, 0.15) is 0 Å². The van der Waals surface area contributed by atoms with E-state index >= 15 is 0 Å². The Bertz CT molecular complexity index is 241. The molecule has 2 aliphatic carbocycles. The lowest BCUT2D eigenvalue weighted by Crippen LogP contribution is -2.35. The Morgan fingerprint density at radius 3 is 1.74 bits per heavy atom. The lowest BCUT2D eigenvalue weighted by atomic mass is 9.61. The van der Waals surface area contributed by atoms with E-state index in [9.17, 15) is 0 Å². The maximum Gasteiger partial charge on any atom is -0.0357 e. The maximum atomic E-state index is 2.54. The smallest absolute Gasteiger partial charge is 0.0357 e. The van der Waals surface area contributed by atoms with Gasteiger partial charge in [-0.3, -0.25) is 0 Å². The molecule has 6 unspecified atom stereocenters. The molecule has 0 heterocycles. The molecule has 2 rings (SSSR count). The van der Waals surface area contributed by atoms with Gasteiger partial charge in [0.05, 0.1) is 0 Å². The van der Waals surface area contributed by atoms with Gasteiger partial charge in [0, 0.05) is 0 Å². The van der Waals surface area contributed by atoms with Crippen LogP contribution in [0.5, 0.6) is 0 Å². The third kappa shape index (κ3) is 4.46. The zero-order chi connectivity index (χ0) is 12.4. The third-order valence-corrected chi connectivity index (χ3v) is 5.97. The van der Waals surface area contributed by atoms with E-state index in [1.165, 1.54) is 44.9 Å². The minimum atomic E-state index is 0. The van der Waals surface area contributed by atoms with Crippen molar-refractivity contribution in [2.75, 3.05) is 0 Å². The first-order valence-corrected chi connectivity index (χ1v) is 8.11. The Morgan fingerprint density at radius 2 is 1.26 bits per heavy atom. The standard InChI is InChI=1S/C17H32.2H2O/c1-5-15-7-9-17(14(4)11-15)16-8-6-12(2)10-13(16)3;;/h12-17H,5-11H2,1-4H3;2*1H2. The fourth-order valence-corrected chi connectivity index (χ4v) is 4.86. The van der Waals surface area contributed by atoms with Crippen LogP contribution >= 0.6 is 0 Å². The average molecular weight is 272 g/mol. The summed E-state index contributed by atoms with van der Waals surface area (Å²) in [6.07, 6.45) is 10.5. The van der Waals surface area contributed by atoms with Crippen molar-refractivity contribution in [3.05, 3.63) is 0 Å². The second-order valence-electron chi connectivity index (χ2n) is 7.29. The van der Waals surface area contributed by atoms with Gasteiger partial charge >= 0.3 is 0 Å². The molecule has 116 valence electrons. The van der Waals surface area contributed by atoms with Gasteiger partial charge in [-0.05, 0) is 61.2 Å². The molecule has 6 atom stereocenters. The first-order chi connectivity index (χ1) is 8.11. The largest absolute Gasteiger partial charge is 0.412 e. The molecule has 0 spiro atoms. The van der Waals surface area contributed by atoms with E-state index in [2.05, 4.69) is 27.7 Å². The van der Waals surface area contributed by atoms with Gasteiger partial charge in [-0.15, -0.1) is 0 Å². The number of hydrogen-bond acceptors (Lipinski definition) is 0. The molecule has 2 saturated carbocycles. The summed E-state index contributed by atoms with van der Waals surface area (Å²) in [5.74, 6) is 6.13. The van der Waals surface area contributed by atoms with Crippen molar-refractivity contribution in [2.24, 2.45) is 35.5 Å². The third-order valence-electron chi connectivity index (χ3n) is 5.97. The zero-order valence-corrected chi connectivity index (χ0v) is 13.4. The quantitative estimate of drug-likeness (QED) is 0.732. The van der Waals surface area contributed by atoms with Crippen LogP contribution in [0.3, 0.4) is 0 Å². The van der Waals surface area contributed by atoms with Gasteiger partial charge in [-0.25, -0.2) is 0 Å². The van der Waals surface area contributed by atoms with Gasteiger partial charge < -0.3 is 11.0 Å². The van der Waals surface area contributed by atoms with E-state index in [1.54, 1.807) is 0 Å². The average Bonchev–Trinajstić information content (AvgIpc) is 2.30. The predicted octanol–water partition coefficient (Wildman–Crippen LogP) is 3.87. The summed E-state index contributed by atoms with van der Waals surface area (Å²) < 4.78 is 0. The van der Waals surface area contributed by atoms with Crippen molar-refractivity contribution in [1.29, 1.82) is 0 Å². The van der Waals surface area contributed by atoms with E-state index in [-0.39, 0.29) is 11.0 Å². The van der Waals surface area contributed by atoms with Crippen LogP contribution in [0, 0.1) is 35.5 Å². The Balaban J connectivity index is 0.00000162. The van der Waals surface area contributed by atoms with Crippen molar-refractivity contribution < 1.29 is 11.0 Å². The minimum absolute atomic E-state index is 0. The molecule has 19 heavy (non-hydrogen) atoms. The van der Waals surface area contributed by atoms with E-state index in [0.717, 1.165) is 35.5 Å².